The van der Waals surface area contributed by atoms with Crippen LogP contribution >= 0.6 is 0 Å². The van der Waals surface area contributed by atoms with Crippen molar-refractivity contribution in [2.45, 2.75) is 32.4 Å². The SMILES string of the molecule is COc1nc2c(cc1CN1CCN(C)CC1=O)CCCN2C(=O)Nc1cc(N[C@H](C)CS(C)=O)c(C#N)cn1. The number of carbonyl (C=O) groups excluding carboxylic acids is 2. The number of ether oxygens (including phenoxy) is 1. The van der Waals surface area contributed by atoms with Crippen molar-refractivity contribution >= 4 is 40.1 Å². The zero-order valence-electron chi connectivity index (χ0n) is 22.7. The van der Waals surface area contributed by atoms with Crippen LogP contribution in [0, 0.1) is 11.3 Å². The maximum atomic E-state index is 13.3. The first-order chi connectivity index (χ1) is 18.7. The van der Waals surface area contributed by atoms with Crippen LogP contribution in [0.15, 0.2) is 18.3 Å². The summed E-state index contributed by atoms with van der Waals surface area (Å²) in [5, 5.41) is 15.5. The molecular weight excluding hydrogens is 520 g/mol. The molecule has 1 unspecified atom stereocenters. The molecule has 0 saturated carbocycles. The van der Waals surface area contributed by atoms with Crippen LogP contribution < -0.4 is 20.3 Å². The minimum Gasteiger partial charge on any atom is -0.481 e. The summed E-state index contributed by atoms with van der Waals surface area (Å²) in [5.41, 5.74) is 2.54. The number of hydrogen-bond acceptors (Lipinski definition) is 9. The lowest BCUT2D eigenvalue weighted by atomic mass is 10.0. The van der Waals surface area contributed by atoms with Crippen molar-refractivity contribution < 1.29 is 18.5 Å². The molecule has 2 aliphatic heterocycles. The Morgan fingerprint density at radius 2 is 2.10 bits per heavy atom. The number of amides is 3. The van der Waals surface area contributed by atoms with Gasteiger partial charge in [-0.2, -0.15) is 10.2 Å². The Bertz CT molecular complexity index is 1310. The molecule has 2 aromatic heterocycles. The number of fused-ring (bicyclic) bond motifs is 1. The largest absolute Gasteiger partial charge is 0.481 e. The van der Waals surface area contributed by atoms with Crippen molar-refractivity contribution in [2.24, 2.45) is 0 Å². The number of nitriles is 1. The molecule has 0 radical (unpaired) electrons. The van der Waals surface area contributed by atoms with Crippen LogP contribution in [0.5, 0.6) is 5.88 Å². The number of rotatable bonds is 8. The Morgan fingerprint density at radius 1 is 1.31 bits per heavy atom. The Morgan fingerprint density at radius 3 is 2.79 bits per heavy atom. The molecule has 13 heteroatoms. The predicted octanol–water partition coefficient (Wildman–Crippen LogP) is 1.79. The minimum absolute atomic E-state index is 0.0608. The summed E-state index contributed by atoms with van der Waals surface area (Å²) in [7, 11) is 2.45. The zero-order valence-corrected chi connectivity index (χ0v) is 23.5. The van der Waals surface area contributed by atoms with Gasteiger partial charge >= 0.3 is 6.03 Å². The number of hydrogen-bond donors (Lipinski definition) is 2. The van der Waals surface area contributed by atoms with E-state index in [2.05, 4.69) is 26.7 Å². The van der Waals surface area contributed by atoms with Gasteiger partial charge in [0.15, 0.2) is 0 Å². The lowest BCUT2D eigenvalue weighted by Crippen LogP contribution is -2.48. The fraction of sp³-hybridized carbons (Fsp3) is 0.500. The van der Waals surface area contributed by atoms with Crippen LogP contribution in [0.2, 0.25) is 0 Å². The smallest absolute Gasteiger partial charge is 0.328 e. The van der Waals surface area contributed by atoms with Gasteiger partial charge in [-0.05, 0) is 38.4 Å². The third-order valence-electron chi connectivity index (χ3n) is 6.66. The molecule has 0 spiro atoms. The summed E-state index contributed by atoms with van der Waals surface area (Å²) >= 11 is 0. The fourth-order valence-electron chi connectivity index (χ4n) is 4.78. The molecule has 0 bridgehead atoms. The Hall–Kier alpha value is -3.76. The Balaban J connectivity index is 1.53. The lowest BCUT2D eigenvalue weighted by molar-refractivity contribution is -0.136. The van der Waals surface area contributed by atoms with Gasteiger partial charge in [-0.3, -0.25) is 24.1 Å². The number of nitrogens with one attached hydrogen (secondary N) is 2. The number of pyridine rings is 2. The van der Waals surface area contributed by atoms with Gasteiger partial charge in [0, 0.05) is 66.3 Å². The molecule has 1 fully saturated rings. The van der Waals surface area contributed by atoms with Crippen molar-refractivity contribution in [2.75, 3.05) is 67.9 Å². The van der Waals surface area contributed by atoms with Crippen molar-refractivity contribution in [1.29, 1.82) is 5.26 Å². The molecule has 4 heterocycles. The van der Waals surface area contributed by atoms with E-state index in [1.807, 2.05) is 24.9 Å². The number of urea groups is 1. The summed E-state index contributed by atoms with van der Waals surface area (Å²) in [4.78, 5) is 40.1. The molecule has 2 aromatic rings. The summed E-state index contributed by atoms with van der Waals surface area (Å²) in [6.07, 6.45) is 4.52. The van der Waals surface area contributed by atoms with E-state index >= 15 is 0 Å². The number of aryl methyl sites for hydroxylation is 1. The Kier molecular flexibility index (Phi) is 8.98. The quantitative estimate of drug-likeness (QED) is 0.499. The van der Waals surface area contributed by atoms with Crippen molar-refractivity contribution in [3.05, 3.63) is 35.0 Å². The van der Waals surface area contributed by atoms with Gasteiger partial charge in [0.1, 0.15) is 17.7 Å². The summed E-state index contributed by atoms with van der Waals surface area (Å²) in [5.74, 6) is 1.64. The second-order valence-electron chi connectivity index (χ2n) is 9.89. The molecule has 39 heavy (non-hydrogen) atoms. The van der Waals surface area contributed by atoms with Crippen LogP contribution in [-0.2, 0) is 28.6 Å². The number of aromatic nitrogens is 2. The zero-order chi connectivity index (χ0) is 28.1. The maximum Gasteiger partial charge on any atom is 0.328 e. The standard InChI is InChI=1S/C26H34N8O4S/c1-17(16-39(4)37)29-21-11-22(28-13-20(21)12-27)30-26(36)34-7-5-6-18-10-19(25(38-3)31-24(18)34)14-33-9-8-32(2)15-23(33)35/h10-11,13,17H,5-9,14-16H2,1-4H3,(H2,28,29,30,36)/t17-,39?/m1/s1. The van der Waals surface area contributed by atoms with Crippen LogP contribution in [0.1, 0.15) is 30.0 Å². The molecule has 0 aromatic carbocycles. The van der Waals surface area contributed by atoms with Gasteiger partial charge < -0.3 is 15.0 Å². The first kappa shape index (κ1) is 28.3. The van der Waals surface area contributed by atoms with E-state index in [1.165, 1.54) is 13.3 Å². The van der Waals surface area contributed by atoms with E-state index in [-0.39, 0.29) is 17.8 Å². The average Bonchev–Trinajstić information content (AvgIpc) is 2.89. The highest BCUT2D eigenvalue weighted by Crippen LogP contribution is 2.32. The number of likely N-dealkylation sites (N-methyl/N-ethyl adjacent to an activating group) is 1. The van der Waals surface area contributed by atoms with Crippen LogP contribution in [-0.4, -0.2) is 94.3 Å². The summed E-state index contributed by atoms with van der Waals surface area (Å²) in [6, 6.07) is 5.12. The van der Waals surface area contributed by atoms with E-state index < -0.39 is 16.8 Å². The average molecular weight is 555 g/mol. The highest BCUT2D eigenvalue weighted by atomic mass is 32.2. The maximum absolute atomic E-state index is 13.3. The van der Waals surface area contributed by atoms with Gasteiger partial charge in [-0.25, -0.2) is 9.78 Å². The number of carbonyl (C=O) groups is 2. The Labute approximate surface area is 230 Å². The molecule has 3 amide bonds. The van der Waals surface area contributed by atoms with Gasteiger partial charge in [-0.15, -0.1) is 0 Å². The lowest BCUT2D eigenvalue weighted by Gasteiger charge is -2.33. The van der Waals surface area contributed by atoms with E-state index in [1.54, 1.807) is 22.1 Å². The van der Waals surface area contributed by atoms with E-state index in [9.17, 15) is 19.1 Å². The molecule has 2 atom stereocenters. The molecule has 1 saturated heterocycles. The third kappa shape index (κ3) is 6.82. The number of methoxy groups -OCH3 is 1. The van der Waals surface area contributed by atoms with Crippen LogP contribution in [0.25, 0.3) is 0 Å². The molecule has 0 aliphatic carbocycles. The van der Waals surface area contributed by atoms with Crippen LogP contribution in [0.4, 0.5) is 22.1 Å². The predicted molar refractivity (Wildman–Crippen MR) is 149 cm³/mol. The monoisotopic (exact) mass is 554 g/mol. The second-order valence-corrected chi connectivity index (χ2v) is 11.4. The second kappa shape index (κ2) is 12.4. The fourth-order valence-corrected chi connectivity index (χ4v) is 5.57. The molecule has 208 valence electrons. The highest BCUT2D eigenvalue weighted by Gasteiger charge is 2.28. The summed E-state index contributed by atoms with van der Waals surface area (Å²) < 4.78 is 17.1. The van der Waals surface area contributed by atoms with Gasteiger partial charge in [0.25, 0.3) is 0 Å². The van der Waals surface area contributed by atoms with Crippen LogP contribution in [0.3, 0.4) is 0 Å². The first-order valence-electron chi connectivity index (χ1n) is 12.8. The van der Waals surface area contributed by atoms with Crippen molar-refractivity contribution in [3.8, 4) is 11.9 Å². The third-order valence-corrected chi connectivity index (χ3v) is 7.63. The number of nitrogens with zero attached hydrogens (tertiary/aromatic N) is 6. The molecule has 4 rings (SSSR count). The highest BCUT2D eigenvalue weighted by molar-refractivity contribution is 7.84. The number of piperazine rings is 1. The van der Waals surface area contributed by atoms with Gasteiger partial charge in [0.05, 0.1) is 31.5 Å². The van der Waals surface area contributed by atoms with Gasteiger partial charge in [0.2, 0.25) is 11.8 Å². The van der Waals surface area contributed by atoms with Crippen molar-refractivity contribution in [1.82, 2.24) is 19.8 Å². The van der Waals surface area contributed by atoms with Gasteiger partial charge in [-0.1, -0.05) is 0 Å². The van der Waals surface area contributed by atoms with E-state index in [4.69, 9.17) is 4.74 Å². The molecular formula is C26H34N8O4S. The minimum atomic E-state index is -1.00. The molecule has 12 nitrogen and oxygen atoms in total. The van der Waals surface area contributed by atoms with E-state index in [0.29, 0.717) is 54.9 Å². The van der Waals surface area contributed by atoms with E-state index in [0.717, 1.165) is 30.5 Å². The summed E-state index contributed by atoms with van der Waals surface area (Å²) in [6.45, 7) is 4.56. The molecule has 2 aliphatic rings. The topological polar surface area (TPSA) is 144 Å². The van der Waals surface area contributed by atoms with Crippen molar-refractivity contribution in [3.63, 3.8) is 0 Å². The number of anilines is 3. The normalized spacial score (nSPS) is 17.2. The first-order valence-corrected chi connectivity index (χ1v) is 14.5. The molecule has 2 N–H and O–H groups in total.